The van der Waals surface area contributed by atoms with E-state index in [-0.39, 0.29) is 23.3 Å². The lowest BCUT2D eigenvalue weighted by Crippen LogP contribution is -1.96. The van der Waals surface area contributed by atoms with Gasteiger partial charge in [-0.25, -0.2) is 59.8 Å². The van der Waals surface area contributed by atoms with E-state index in [1.807, 2.05) is 164 Å². The number of hydrogen-bond donors (Lipinski definition) is 0. The molecule has 8 aromatic heterocycles. The van der Waals surface area contributed by atoms with E-state index in [2.05, 4.69) is 208 Å². The van der Waals surface area contributed by atoms with Crippen molar-refractivity contribution in [1.29, 1.82) is 0 Å². The second-order valence-electron chi connectivity index (χ2n) is 23.4. The highest BCUT2D eigenvalue weighted by molar-refractivity contribution is 9.11. The standard InChI is InChI=1S/2C25H16BrN3.2C19H12BrN3/c26-21-12-5-11-20(16-21)24-28-23(22-13-6-14-27-25(22)29-24)19-10-4-9-18(15-19)17-7-2-1-3-8-17;26-21-9-4-8-20(16-21)24-28-23(22-10-5-15-27-25(22)29-24)19-13-11-18(12-14-19)17-6-2-1-3-7-17;2*20-15-9-4-8-14(12-15)18-22-17(13-6-2-1-3-7-13)16-10-5-11-21-19(16)23-18/h2*1-16H;2*1-12H/i;;1D,2D,3D,6D,7D;. The highest BCUT2D eigenvalue weighted by Gasteiger charge is 2.18. The first-order chi connectivity index (χ1) is 53.2. The van der Waals surface area contributed by atoms with Gasteiger partial charge in [0.05, 0.1) is 29.6 Å². The lowest BCUT2D eigenvalue weighted by molar-refractivity contribution is 1.19. The third kappa shape index (κ3) is 15.9. The van der Waals surface area contributed by atoms with Gasteiger partial charge in [0.25, 0.3) is 0 Å². The first-order valence-corrected chi connectivity index (χ1v) is 35.9. The highest BCUT2D eigenvalue weighted by atomic mass is 79.9. The molecule has 0 radical (unpaired) electrons. The largest absolute Gasteiger partial charge is 0.236 e. The first-order valence-electron chi connectivity index (χ1n) is 35.2. The predicted molar refractivity (Wildman–Crippen MR) is 434 cm³/mol. The van der Waals surface area contributed by atoms with E-state index in [0.29, 0.717) is 51.3 Å². The van der Waals surface area contributed by atoms with Gasteiger partial charge in [-0.2, -0.15) is 0 Å². The monoisotopic (exact) mass is 1600 g/mol. The summed E-state index contributed by atoms with van der Waals surface area (Å²) in [6.07, 6.45) is 6.88. The van der Waals surface area contributed by atoms with E-state index in [1.54, 1.807) is 36.9 Å². The third-order valence-corrected chi connectivity index (χ3v) is 18.5. The molecule has 0 aliphatic heterocycles. The summed E-state index contributed by atoms with van der Waals surface area (Å²) >= 11 is 14.0. The molecule has 0 bridgehead atoms. The van der Waals surface area contributed by atoms with E-state index in [9.17, 15) is 0 Å². The molecule has 12 nitrogen and oxygen atoms in total. The van der Waals surface area contributed by atoms with Gasteiger partial charge in [-0.3, -0.25) is 0 Å². The molecule has 0 saturated heterocycles. The van der Waals surface area contributed by atoms with Gasteiger partial charge in [0.1, 0.15) is 0 Å². The van der Waals surface area contributed by atoms with Gasteiger partial charge >= 0.3 is 0 Å². The second kappa shape index (κ2) is 32.0. The number of nitrogens with zero attached hydrogens (tertiary/aromatic N) is 12. The first kappa shape index (κ1) is 61.9. The summed E-state index contributed by atoms with van der Waals surface area (Å²) in [4.78, 5) is 55.4. The van der Waals surface area contributed by atoms with Crippen LogP contribution in [0, 0.1) is 0 Å². The Bertz CT molecular complexity index is 6370. The molecule has 496 valence electrons. The zero-order chi connectivity index (χ0) is 74.9. The molecule has 0 unspecified atom stereocenters. The Balaban J connectivity index is 0.000000116. The number of halogens is 4. The minimum absolute atomic E-state index is 0.0302. The molecule has 104 heavy (non-hydrogen) atoms. The van der Waals surface area contributed by atoms with Crippen molar-refractivity contribution in [3.63, 3.8) is 0 Å². The molecule has 8 heterocycles. The molecule has 16 heteroatoms. The molecule has 0 amide bonds. The molecule has 18 aromatic rings. The molecule has 0 N–H and O–H groups in total. The average Bonchev–Trinajstić information content (AvgIpc) is 0.765. The zero-order valence-electron chi connectivity index (χ0n) is 59.8. The van der Waals surface area contributed by atoms with Crippen LogP contribution >= 0.6 is 63.7 Å². The van der Waals surface area contributed by atoms with Crippen LogP contribution in [0.5, 0.6) is 0 Å². The van der Waals surface area contributed by atoms with Gasteiger partial charge in [-0.05, 0) is 125 Å². The Morgan fingerprint density at radius 3 is 0.837 bits per heavy atom. The lowest BCUT2D eigenvalue weighted by atomic mass is 10.0. The Kier molecular flexibility index (Phi) is 19.0. The summed E-state index contributed by atoms with van der Waals surface area (Å²) in [6.45, 7) is 0. The van der Waals surface area contributed by atoms with Crippen molar-refractivity contribution in [3.05, 3.63) is 358 Å². The maximum absolute atomic E-state index is 8.30. The van der Waals surface area contributed by atoms with E-state index in [0.717, 1.165) is 95.6 Å². The summed E-state index contributed by atoms with van der Waals surface area (Å²) in [5.41, 5.74) is 16.9. The zero-order valence-corrected chi connectivity index (χ0v) is 61.2. The fourth-order valence-electron chi connectivity index (χ4n) is 11.6. The van der Waals surface area contributed by atoms with Crippen LogP contribution in [-0.2, 0) is 0 Å². The van der Waals surface area contributed by atoms with Gasteiger partial charge in [0, 0.05) is 109 Å². The van der Waals surface area contributed by atoms with Crippen molar-refractivity contribution < 1.29 is 6.85 Å². The van der Waals surface area contributed by atoms with Gasteiger partial charge in [0.15, 0.2) is 45.9 Å². The van der Waals surface area contributed by atoms with E-state index < -0.39 is 18.1 Å². The fourth-order valence-corrected chi connectivity index (χ4v) is 13.2. The van der Waals surface area contributed by atoms with E-state index >= 15 is 0 Å². The number of pyridine rings is 4. The minimum atomic E-state index is -0.442. The lowest BCUT2D eigenvalue weighted by Gasteiger charge is -2.10. The summed E-state index contributed by atoms with van der Waals surface area (Å²) in [6, 6.07) is 92.6. The summed E-state index contributed by atoms with van der Waals surface area (Å²) in [7, 11) is 0. The smallest absolute Gasteiger partial charge is 0.163 e. The number of rotatable bonds is 10. The quantitative estimate of drug-likeness (QED) is 0.128. The fraction of sp³-hybridized carbons (Fsp3) is 0. The van der Waals surface area contributed by atoms with Gasteiger partial charge in [-0.1, -0.05) is 276 Å². The summed E-state index contributed by atoms with van der Waals surface area (Å²) < 4.78 is 44.2. The number of aromatic nitrogens is 12. The van der Waals surface area contributed by atoms with Crippen molar-refractivity contribution in [3.8, 4) is 113 Å². The molecule has 18 rings (SSSR count). The molecule has 0 spiro atoms. The van der Waals surface area contributed by atoms with Gasteiger partial charge in [-0.15, -0.1) is 0 Å². The summed E-state index contributed by atoms with van der Waals surface area (Å²) in [5.74, 6) is 2.36. The van der Waals surface area contributed by atoms with Crippen LogP contribution in [0.3, 0.4) is 0 Å². The number of hydrogen-bond acceptors (Lipinski definition) is 12. The maximum atomic E-state index is 8.30. The summed E-state index contributed by atoms with van der Waals surface area (Å²) in [5, 5.41) is 3.35. The van der Waals surface area contributed by atoms with Crippen molar-refractivity contribution in [1.82, 2.24) is 59.8 Å². The van der Waals surface area contributed by atoms with Crippen molar-refractivity contribution in [2.24, 2.45) is 0 Å². The van der Waals surface area contributed by atoms with E-state index in [4.69, 9.17) is 31.8 Å². The maximum Gasteiger partial charge on any atom is 0.163 e. The molecule has 0 aliphatic rings. The average molecular weight is 1610 g/mol. The van der Waals surface area contributed by atoms with Crippen molar-refractivity contribution in [2.75, 3.05) is 0 Å². The van der Waals surface area contributed by atoms with Crippen LogP contribution < -0.4 is 0 Å². The van der Waals surface area contributed by atoms with Gasteiger partial charge < -0.3 is 0 Å². The Labute approximate surface area is 640 Å². The SMILES string of the molecule is Brc1cccc(-c2nc(-c3ccc(-c4ccccc4)cc3)c3cccnc3n2)c1.Brc1cccc(-c2nc(-c3cccc(-c4ccccc4)c3)c3cccnc3n2)c1.Brc1cccc(-c2nc(-c3ccccc3)c3cccnc3n2)c1.[2H]c1c([2H])c([2H])c(-c2nc(-c3cccc(Br)c3)nc3ncccc23)c([2H])c1[2H]. The Hall–Kier alpha value is -11.9. The minimum Gasteiger partial charge on any atom is -0.236 e. The molecule has 10 aromatic carbocycles. The Morgan fingerprint density at radius 1 is 0.202 bits per heavy atom. The second-order valence-corrected chi connectivity index (χ2v) is 27.0. The predicted octanol–water partition coefficient (Wildman–Crippen LogP) is 23.8. The molecular weight excluding hydrogens is 1540 g/mol. The molecule has 0 aliphatic carbocycles. The normalized spacial score (nSPS) is 11.6. The van der Waals surface area contributed by atoms with Crippen LogP contribution in [0.4, 0.5) is 0 Å². The van der Waals surface area contributed by atoms with Crippen LogP contribution in [0.15, 0.2) is 358 Å². The van der Waals surface area contributed by atoms with Crippen LogP contribution in [0.1, 0.15) is 6.85 Å². The third-order valence-electron chi connectivity index (χ3n) is 16.5. The van der Waals surface area contributed by atoms with Crippen molar-refractivity contribution >= 4 is 108 Å². The van der Waals surface area contributed by atoms with Crippen LogP contribution in [-0.4, -0.2) is 59.8 Å². The topological polar surface area (TPSA) is 155 Å². The molecular formula is C88H56Br4N12. The molecule has 0 atom stereocenters. The van der Waals surface area contributed by atoms with E-state index in [1.165, 1.54) is 16.7 Å². The van der Waals surface area contributed by atoms with Gasteiger partial charge in [0.2, 0.25) is 0 Å². The van der Waals surface area contributed by atoms with Crippen LogP contribution in [0.25, 0.3) is 157 Å². The highest BCUT2D eigenvalue weighted by Crippen LogP contribution is 2.36. The Morgan fingerprint density at radius 2 is 0.471 bits per heavy atom. The molecule has 0 saturated carbocycles. The van der Waals surface area contributed by atoms with Crippen LogP contribution in [0.2, 0.25) is 0 Å². The van der Waals surface area contributed by atoms with Crippen molar-refractivity contribution in [2.45, 2.75) is 0 Å². The number of benzene rings is 10. The number of fused-ring (bicyclic) bond motifs is 4. The molecule has 0 fully saturated rings.